The standard InChI is InChI=1S/C9H15NO3/c1-4-6-10(5-2)8(11)7(3)9(12)13/h4,7H,1,5-6H2,2-3H3,(H,12,13). The summed E-state index contributed by atoms with van der Waals surface area (Å²) in [6, 6.07) is 0. The largest absolute Gasteiger partial charge is 0.481 e. The van der Waals surface area contributed by atoms with E-state index in [-0.39, 0.29) is 5.91 Å². The zero-order valence-corrected chi connectivity index (χ0v) is 7.99. The zero-order chi connectivity index (χ0) is 10.4. The van der Waals surface area contributed by atoms with Crippen LogP contribution in [0.1, 0.15) is 13.8 Å². The lowest BCUT2D eigenvalue weighted by Crippen LogP contribution is -2.38. The number of carboxylic acid groups (broad SMARTS) is 1. The van der Waals surface area contributed by atoms with Gasteiger partial charge in [-0.2, -0.15) is 0 Å². The van der Waals surface area contributed by atoms with Gasteiger partial charge in [0.25, 0.3) is 0 Å². The molecule has 0 spiro atoms. The summed E-state index contributed by atoms with van der Waals surface area (Å²) < 4.78 is 0. The minimum absolute atomic E-state index is 0.366. The minimum Gasteiger partial charge on any atom is -0.481 e. The van der Waals surface area contributed by atoms with Crippen LogP contribution in [0.5, 0.6) is 0 Å². The molecule has 0 aliphatic heterocycles. The summed E-state index contributed by atoms with van der Waals surface area (Å²) in [4.78, 5) is 23.3. The maximum Gasteiger partial charge on any atom is 0.315 e. The third kappa shape index (κ3) is 3.27. The number of hydrogen-bond acceptors (Lipinski definition) is 2. The average molecular weight is 185 g/mol. The fourth-order valence-corrected chi connectivity index (χ4v) is 0.910. The molecule has 0 saturated heterocycles. The average Bonchev–Trinajstić information content (AvgIpc) is 2.11. The number of hydrogen-bond donors (Lipinski definition) is 1. The first-order chi connectivity index (χ1) is 6.04. The van der Waals surface area contributed by atoms with Crippen LogP contribution in [-0.4, -0.2) is 35.0 Å². The van der Waals surface area contributed by atoms with Crippen molar-refractivity contribution in [1.29, 1.82) is 0 Å². The Hall–Kier alpha value is -1.32. The van der Waals surface area contributed by atoms with Crippen LogP contribution in [0.25, 0.3) is 0 Å². The highest BCUT2D eigenvalue weighted by Gasteiger charge is 2.24. The Kier molecular flexibility index (Phi) is 4.80. The van der Waals surface area contributed by atoms with E-state index in [4.69, 9.17) is 5.11 Å². The van der Waals surface area contributed by atoms with Crippen LogP contribution in [0, 0.1) is 5.92 Å². The number of carbonyl (C=O) groups is 2. The number of rotatable bonds is 5. The van der Waals surface area contributed by atoms with Gasteiger partial charge in [0.15, 0.2) is 0 Å². The third-order valence-electron chi connectivity index (χ3n) is 1.78. The van der Waals surface area contributed by atoms with E-state index in [9.17, 15) is 9.59 Å². The lowest BCUT2D eigenvalue weighted by Gasteiger charge is -2.20. The van der Waals surface area contributed by atoms with E-state index < -0.39 is 11.9 Å². The van der Waals surface area contributed by atoms with Gasteiger partial charge in [-0.3, -0.25) is 9.59 Å². The predicted octanol–water partition coefficient (Wildman–Crippen LogP) is 0.742. The van der Waals surface area contributed by atoms with Gasteiger partial charge in [-0.05, 0) is 13.8 Å². The minimum atomic E-state index is -1.09. The molecule has 0 rings (SSSR count). The van der Waals surface area contributed by atoms with E-state index in [1.165, 1.54) is 11.8 Å². The third-order valence-corrected chi connectivity index (χ3v) is 1.78. The van der Waals surface area contributed by atoms with Gasteiger partial charge in [0, 0.05) is 13.1 Å². The maximum atomic E-state index is 11.4. The van der Waals surface area contributed by atoms with Crippen LogP contribution >= 0.6 is 0 Å². The Morgan fingerprint density at radius 2 is 2.15 bits per heavy atom. The normalized spacial score (nSPS) is 11.8. The van der Waals surface area contributed by atoms with Crippen molar-refractivity contribution in [3.63, 3.8) is 0 Å². The summed E-state index contributed by atoms with van der Waals surface area (Å²) in [5, 5.41) is 8.59. The lowest BCUT2D eigenvalue weighted by molar-refractivity contribution is -0.149. The highest BCUT2D eigenvalue weighted by molar-refractivity contribution is 5.96. The van der Waals surface area contributed by atoms with Crippen LogP contribution in [0.3, 0.4) is 0 Å². The number of amides is 1. The molecule has 0 aromatic heterocycles. The van der Waals surface area contributed by atoms with Gasteiger partial charge < -0.3 is 10.0 Å². The molecule has 1 atom stereocenters. The predicted molar refractivity (Wildman–Crippen MR) is 49.3 cm³/mol. The van der Waals surface area contributed by atoms with Gasteiger partial charge in [-0.25, -0.2) is 0 Å². The Labute approximate surface area is 77.8 Å². The second-order valence-electron chi connectivity index (χ2n) is 2.73. The monoisotopic (exact) mass is 185 g/mol. The van der Waals surface area contributed by atoms with Crippen molar-refractivity contribution in [2.75, 3.05) is 13.1 Å². The smallest absolute Gasteiger partial charge is 0.315 e. The van der Waals surface area contributed by atoms with E-state index in [0.717, 1.165) is 0 Å². The fourth-order valence-electron chi connectivity index (χ4n) is 0.910. The lowest BCUT2D eigenvalue weighted by atomic mass is 10.1. The van der Waals surface area contributed by atoms with Crippen molar-refractivity contribution in [3.05, 3.63) is 12.7 Å². The molecule has 0 bridgehead atoms. The first kappa shape index (κ1) is 11.7. The summed E-state index contributed by atoms with van der Waals surface area (Å²) in [6.45, 7) is 7.58. The molecule has 0 fully saturated rings. The topological polar surface area (TPSA) is 57.6 Å². The molecule has 74 valence electrons. The van der Waals surface area contributed by atoms with Crippen LogP contribution in [0.4, 0.5) is 0 Å². The van der Waals surface area contributed by atoms with E-state index in [0.29, 0.717) is 13.1 Å². The van der Waals surface area contributed by atoms with Crippen molar-refractivity contribution in [1.82, 2.24) is 4.90 Å². The van der Waals surface area contributed by atoms with Crippen molar-refractivity contribution in [2.24, 2.45) is 5.92 Å². The number of aliphatic carboxylic acids is 1. The van der Waals surface area contributed by atoms with Crippen molar-refractivity contribution >= 4 is 11.9 Å². The van der Waals surface area contributed by atoms with E-state index in [2.05, 4.69) is 6.58 Å². The van der Waals surface area contributed by atoms with E-state index in [1.807, 2.05) is 0 Å². The van der Waals surface area contributed by atoms with Gasteiger partial charge in [-0.1, -0.05) is 6.08 Å². The Balaban J connectivity index is 4.35. The molecular weight excluding hydrogens is 170 g/mol. The summed E-state index contributed by atoms with van der Waals surface area (Å²) >= 11 is 0. The molecule has 1 amide bonds. The number of carbonyl (C=O) groups excluding carboxylic acids is 1. The molecule has 0 aromatic rings. The number of nitrogens with zero attached hydrogens (tertiary/aromatic N) is 1. The summed E-state index contributed by atoms with van der Waals surface area (Å²) in [6.07, 6.45) is 1.58. The molecule has 0 radical (unpaired) electrons. The van der Waals surface area contributed by atoms with Gasteiger partial charge in [0.2, 0.25) is 5.91 Å². The van der Waals surface area contributed by atoms with Crippen LogP contribution in [0.2, 0.25) is 0 Å². The van der Waals surface area contributed by atoms with E-state index in [1.54, 1.807) is 13.0 Å². The fraction of sp³-hybridized carbons (Fsp3) is 0.556. The SMILES string of the molecule is C=CCN(CC)C(=O)C(C)C(=O)O. The highest BCUT2D eigenvalue weighted by atomic mass is 16.4. The summed E-state index contributed by atoms with van der Waals surface area (Å²) in [5.74, 6) is -2.43. The molecule has 13 heavy (non-hydrogen) atoms. The molecule has 0 heterocycles. The Bertz CT molecular complexity index is 213. The van der Waals surface area contributed by atoms with Crippen LogP contribution in [0.15, 0.2) is 12.7 Å². The second kappa shape index (κ2) is 5.35. The van der Waals surface area contributed by atoms with Gasteiger partial charge in [0.1, 0.15) is 5.92 Å². The van der Waals surface area contributed by atoms with Crippen LogP contribution in [-0.2, 0) is 9.59 Å². The summed E-state index contributed by atoms with van der Waals surface area (Å²) in [7, 11) is 0. The molecule has 1 unspecified atom stereocenters. The van der Waals surface area contributed by atoms with Crippen molar-refractivity contribution in [2.45, 2.75) is 13.8 Å². The first-order valence-corrected chi connectivity index (χ1v) is 4.17. The van der Waals surface area contributed by atoms with Gasteiger partial charge in [0.05, 0.1) is 0 Å². The molecule has 0 saturated carbocycles. The molecule has 0 aliphatic rings. The number of likely N-dealkylation sites (N-methyl/N-ethyl adjacent to an activating group) is 1. The first-order valence-electron chi connectivity index (χ1n) is 4.17. The quantitative estimate of drug-likeness (QED) is 0.507. The van der Waals surface area contributed by atoms with Crippen LogP contribution < -0.4 is 0 Å². The molecular formula is C9H15NO3. The molecule has 4 heteroatoms. The molecule has 0 aliphatic carbocycles. The second-order valence-corrected chi connectivity index (χ2v) is 2.73. The zero-order valence-electron chi connectivity index (χ0n) is 7.99. The maximum absolute atomic E-state index is 11.4. The Morgan fingerprint density at radius 3 is 2.46 bits per heavy atom. The number of carboxylic acids is 1. The van der Waals surface area contributed by atoms with Crippen molar-refractivity contribution < 1.29 is 14.7 Å². The summed E-state index contributed by atoms with van der Waals surface area (Å²) in [5.41, 5.74) is 0. The highest BCUT2D eigenvalue weighted by Crippen LogP contribution is 2.02. The molecule has 0 aromatic carbocycles. The Morgan fingerprint density at radius 1 is 1.62 bits per heavy atom. The van der Waals surface area contributed by atoms with Crippen molar-refractivity contribution in [3.8, 4) is 0 Å². The van der Waals surface area contributed by atoms with Gasteiger partial charge in [-0.15, -0.1) is 6.58 Å². The molecule has 4 nitrogen and oxygen atoms in total. The van der Waals surface area contributed by atoms with E-state index >= 15 is 0 Å². The molecule has 1 N–H and O–H groups in total. The van der Waals surface area contributed by atoms with Gasteiger partial charge >= 0.3 is 5.97 Å².